The van der Waals surface area contributed by atoms with Crippen LogP contribution in [-0.4, -0.2) is 34.9 Å². The Kier molecular flexibility index (Phi) is 40.3. The molecule has 0 aliphatic rings. The number of unbranched alkanes of at least 4 members (excludes halogenated alkanes) is 31. The molecule has 3 N–H and O–H groups in total. The molecule has 0 heterocycles. The highest BCUT2D eigenvalue weighted by molar-refractivity contribution is 5.76. The van der Waals surface area contributed by atoms with E-state index in [-0.39, 0.29) is 12.5 Å². The maximum atomic E-state index is 12.4. The zero-order valence-electron chi connectivity index (χ0n) is 33.2. The van der Waals surface area contributed by atoms with Crippen LogP contribution in [0.5, 0.6) is 0 Å². The average molecular weight is 690 g/mol. The maximum Gasteiger partial charge on any atom is 0.220 e. The van der Waals surface area contributed by atoms with Gasteiger partial charge in [0.05, 0.1) is 18.8 Å². The predicted molar refractivity (Wildman–Crippen MR) is 216 cm³/mol. The molecule has 0 saturated heterocycles. The molecular weight excluding hydrogens is 602 g/mol. The molecule has 0 aromatic heterocycles. The van der Waals surface area contributed by atoms with Gasteiger partial charge in [-0.15, -0.1) is 0 Å². The summed E-state index contributed by atoms with van der Waals surface area (Å²) in [5.41, 5.74) is 0. The molecule has 4 nitrogen and oxygen atoms in total. The van der Waals surface area contributed by atoms with Crippen molar-refractivity contribution in [3.8, 4) is 0 Å². The molecule has 0 unspecified atom stereocenters. The SMILES string of the molecule is CCCCCCCC/C=C/CCCCCCCCCCCCCC(=O)N[C@@H](CO)[C@H](O)/C=C/CCCCCCCCCCCCCCCC. The molecule has 1 amide bonds. The molecule has 0 aromatic rings. The smallest absolute Gasteiger partial charge is 0.220 e. The largest absolute Gasteiger partial charge is 0.394 e. The minimum absolute atomic E-state index is 0.0632. The highest BCUT2D eigenvalue weighted by Crippen LogP contribution is 2.15. The maximum absolute atomic E-state index is 12.4. The van der Waals surface area contributed by atoms with E-state index < -0.39 is 12.1 Å². The van der Waals surface area contributed by atoms with Gasteiger partial charge in [-0.05, 0) is 44.9 Å². The second-order valence-corrected chi connectivity index (χ2v) is 15.1. The van der Waals surface area contributed by atoms with Crippen molar-refractivity contribution in [1.82, 2.24) is 5.32 Å². The fourth-order valence-electron chi connectivity index (χ4n) is 6.76. The predicted octanol–water partition coefficient (Wildman–Crippen LogP) is 13.6. The van der Waals surface area contributed by atoms with Gasteiger partial charge in [-0.1, -0.05) is 212 Å². The Morgan fingerprint density at radius 2 is 0.776 bits per heavy atom. The minimum Gasteiger partial charge on any atom is -0.394 e. The van der Waals surface area contributed by atoms with Crippen LogP contribution in [0, 0.1) is 0 Å². The van der Waals surface area contributed by atoms with Crippen LogP contribution in [-0.2, 0) is 4.79 Å². The summed E-state index contributed by atoms with van der Waals surface area (Å²) in [7, 11) is 0. The number of aliphatic hydroxyl groups excluding tert-OH is 2. The van der Waals surface area contributed by atoms with Gasteiger partial charge >= 0.3 is 0 Å². The number of carbonyl (C=O) groups excluding carboxylic acids is 1. The minimum atomic E-state index is -0.836. The van der Waals surface area contributed by atoms with Crippen molar-refractivity contribution in [2.45, 2.75) is 251 Å². The lowest BCUT2D eigenvalue weighted by Gasteiger charge is -2.20. The van der Waals surface area contributed by atoms with Crippen LogP contribution in [0.25, 0.3) is 0 Å². The monoisotopic (exact) mass is 690 g/mol. The van der Waals surface area contributed by atoms with E-state index in [0.717, 1.165) is 25.7 Å². The van der Waals surface area contributed by atoms with Crippen molar-refractivity contribution in [2.24, 2.45) is 0 Å². The van der Waals surface area contributed by atoms with Gasteiger partial charge in [0, 0.05) is 6.42 Å². The molecule has 2 atom stereocenters. The molecule has 0 aliphatic carbocycles. The first-order valence-electron chi connectivity index (χ1n) is 22.1. The lowest BCUT2D eigenvalue weighted by Crippen LogP contribution is -2.45. The summed E-state index contributed by atoms with van der Waals surface area (Å²) in [6, 6.07) is -0.619. The molecule has 0 aliphatic heterocycles. The summed E-state index contributed by atoms with van der Waals surface area (Å²) in [5, 5.41) is 23.0. The Bertz CT molecular complexity index is 705. The van der Waals surface area contributed by atoms with Gasteiger partial charge in [0.15, 0.2) is 0 Å². The standard InChI is InChI=1S/C45H87NO3/c1-3-5-7-9-11-13-15-17-19-21-22-23-24-25-27-29-31-33-35-37-39-41-45(49)46-43(42-47)44(48)40-38-36-34-32-30-28-26-20-18-16-14-12-10-8-6-4-2/h17,19,38,40,43-44,47-48H,3-16,18,20-37,39,41-42H2,1-2H3,(H,46,49)/b19-17+,40-38+/t43-,44+/m0/s1. The van der Waals surface area contributed by atoms with Crippen LogP contribution < -0.4 is 5.32 Å². The van der Waals surface area contributed by atoms with Gasteiger partial charge in [0.1, 0.15) is 0 Å². The summed E-state index contributed by atoms with van der Waals surface area (Å²) >= 11 is 0. The third kappa shape index (κ3) is 37.9. The van der Waals surface area contributed by atoms with Gasteiger partial charge < -0.3 is 15.5 Å². The van der Waals surface area contributed by atoms with E-state index in [9.17, 15) is 15.0 Å². The molecule has 4 heteroatoms. The molecule has 0 bridgehead atoms. The van der Waals surface area contributed by atoms with E-state index in [4.69, 9.17) is 0 Å². The zero-order chi connectivity index (χ0) is 35.7. The average Bonchev–Trinajstić information content (AvgIpc) is 3.10. The summed E-state index contributed by atoms with van der Waals surface area (Å²) in [4.78, 5) is 12.4. The molecule has 0 radical (unpaired) electrons. The molecule has 0 spiro atoms. The molecule has 0 rings (SSSR count). The number of aliphatic hydroxyl groups is 2. The number of hydrogen-bond acceptors (Lipinski definition) is 3. The molecule has 0 saturated carbocycles. The fourth-order valence-corrected chi connectivity index (χ4v) is 6.76. The van der Waals surface area contributed by atoms with Crippen LogP contribution in [0.1, 0.15) is 239 Å². The van der Waals surface area contributed by atoms with Crippen molar-refractivity contribution in [3.63, 3.8) is 0 Å². The number of rotatable bonds is 40. The van der Waals surface area contributed by atoms with E-state index in [1.165, 1.54) is 193 Å². The second kappa shape index (κ2) is 41.3. The van der Waals surface area contributed by atoms with Crippen LogP contribution in [0.2, 0.25) is 0 Å². The number of amides is 1. The van der Waals surface area contributed by atoms with E-state index in [0.29, 0.717) is 6.42 Å². The molecular formula is C45H87NO3. The van der Waals surface area contributed by atoms with E-state index >= 15 is 0 Å². The van der Waals surface area contributed by atoms with Crippen LogP contribution in [0.3, 0.4) is 0 Å². The van der Waals surface area contributed by atoms with Crippen LogP contribution in [0.4, 0.5) is 0 Å². The number of allylic oxidation sites excluding steroid dienone is 3. The third-order valence-corrected chi connectivity index (χ3v) is 10.2. The summed E-state index contributed by atoms with van der Waals surface area (Å²) in [5.74, 6) is -0.0632. The summed E-state index contributed by atoms with van der Waals surface area (Å²) < 4.78 is 0. The van der Waals surface area contributed by atoms with Crippen LogP contribution >= 0.6 is 0 Å². The van der Waals surface area contributed by atoms with Gasteiger partial charge in [-0.3, -0.25) is 4.79 Å². The quantitative estimate of drug-likeness (QED) is 0.0443. The van der Waals surface area contributed by atoms with Gasteiger partial charge in [-0.25, -0.2) is 0 Å². The Hall–Kier alpha value is -1.13. The number of nitrogens with one attached hydrogen (secondary N) is 1. The van der Waals surface area contributed by atoms with E-state index in [2.05, 4.69) is 31.3 Å². The fraction of sp³-hybridized carbons (Fsp3) is 0.889. The Morgan fingerprint density at radius 3 is 1.12 bits per heavy atom. The van der Waals surface area contributed by atoms with Crippen LogP contribution in [0.15, 0.2) is 24.3 Å². The first-order valence-corrected chi connectivity index (χ1v) is 22.1. The van der Waals surface area contributed by atoms with Crippen molar-refractivity contribution < 1.29 is 15.0 Å². The van der Waals surface area contributed by atoms with Crippen molar-refractivity contribution >= 4 is 5.91 Å². The normalized spacial score (nSPS) is 13.1. The summed E-state index contributed by atoms with van der Waals surface area (Å²) in [6.45, 7) is 4.32. The summed E-state index contributed by atoms with van der Waals surface area (Å²) in [6.07, 6.45) is 52.8. The Balaban J connectivity index is 3.54. The number of hydrogen-bond donors (Lipinski definition) is 3. The van der Waals surface area contributed by atoms with E-state index in [1.54, 1.807) is 6.08 Å². The molecule has 290 valence electrons. The highest BCUT2D eigenvalue weighted by Gasteiger charge is 2.17. The third-order valence-electron chi connectivity index (χ3n) is 10.2. The van der Waals surface area contributed by atoms with E-state index in [1.807, 2.05) is 6.08 Å². The van der Waals surface area contributed by atoms with Crippen molar-refractivity contribution in [2.75, 3.05) is 6.61 Å². The molecule has 0 fully saturated rings. The zero-order valence-corrected chi connectivity index (χ0v) is 33.2. The topological polar surface area (TPSA) is 69.6 Å². The first kappa shape index (κ1) is 47.9. The molecule has 49 heavy (non-hydrogen) atoms. The first-order chi connectivity index (χ1) is 24.2. The Labute approximate surface area is 307 Å². The van der Waals surface area contributed by atoms with Crippen molar-refractivity contribution in [3.05, 3.63) is 24.3 Å². The number of carbonyl (C=O) groups is 1. The van der Waals surface area contributed by atoms with Gasteiger partial charge in [0.25, 0.3) is 0 Å². The second-order valence-electron chi connectivity index (χ2n) is 15.1. The Morgan fingerprint density at radius 1 is 0.469 bits per heavy atom. The highest BCUT2D eigenvalue weighted by atomic mass is 16.3. The van der Waals surface area contributed by atoms with Gasteiger partial charge in [-0.2, -0.15) is 0 Å². The lowest BCUT2D eigenvalue weighted by atomic mass is 10.0. The van der Waals surface area contributed by atoms with Crippen molar-refractivity contribution in [1.29, 1.82) is 0 Å². The van der Waals surface area contributed by atoms with Gasteiger partial charge in [0.2, 0.25) is 5.91 Å². The molecule has 0 aromatic carbocycles. The lowest BCUT2D eigenvalue weighted by molar-refractivity contribution is -0.123.